The number of pyridine rings is 1. The summed E-state index contributed by atoms with van der Waals surface area (Å²) in [5.41, 5.74) is 0.222. The Labute approximate surface area is 164 Å². The number of aromatic nitrogens is 1. The van der Waals surface area contributed by atoms with Gasteiger partial charge in [-0.15, -0.1) is 0 Å². The quantitative estimate of drug-likeness (QED) is 0.613. The number of carbonyl (C=O) groups excluding carboxylic acids is 2. The van der Waals surface area contributed by atoms with E-state index in [1.807, 2.05) is 6.92 Å². The Hall–Kier alpha value is -2.68. The topological polar surface area (TPSA) is 129 Å². The zero-order valence-corrected chi connectivity index (χ0v) is 16.9. The van der Waals surface area contributed by atoms with Gasteiger partial charge in [-0.05, 0) is 58.7 Å². The Balaban J connectivity index is 2.78. The molecule has 1 aromatic heterocycles. The van der Waals surface area contributed by atoms with Gasteiger partial charge in [-0.1, -0.05) is 0 Å². The summed E-state index contributed by atoms with van der Waals surface area (Å²) in [7, 11) is 0. The SMILES string of the molecule is Cc1ccnc(N(CCCC(=O)N[C@H](C(=O)O)[C@@H](C)O)C(=O)OC(C)(C)C)c1. The van der Waals surface area contributed by atoms with Gasteiger partial charge < -0.3 is 20.3 Å². The molecule has 3 N–H and O–H groups in total. The van der Waals surface area contributed by atoms with Crippen LogP contribution < -0.4 is 10.2 Å². The Kier molecular flexibility index (Phi) is 8.36. The van der Waals surface area contributed by atoms with Crippen molar-refractivity contribution in [2.45, 2.75) is 65.2 Å². The molecule has 0 fully saturated rings. The minimum absolute atomic E-state index is 0.0262. The number of carbonyl (C=O) groups is 3. The molecule has 0 bridgehead atoms. The number of aliphatic hydroxyl groups excluding tert-OH is 1. The van der Waals surface area contributed by atoms with Crippen molar-refractivity contribution in [3.05, 3.63) is 23.9 Å². The van der Waals surface area contributed by atoms with Gasteiger partial charge in [0.25, 0.3) is 0 Å². The van der Waals surface area contributed by atoms with E-state index in [2.05, 4.69) is 10.3 Å². The summed E-state index contributed by atoms with van der Waals surface area (Å²) in [4.78, 5) is 41.1. The Bertz CT molecular complexity index is 699. The van der Waals surface area contributed by atoms with Crippen LogP contribution in [-0.4, -0.2) is 57.5 Å². The first-order chi connectivity index (χ1) is 12.9. The Morgan fingerprint density at radius 3 is 2.46 bits per heavy atom. The lowest BCUT2D eigenvalue weighted by Gasteiger charge is -2.27. The molecule has 0 aliphatic rings. The van der Waals surface area contributed by atoms with Gasteiger partial charge in [-0.3, -0.25) is 9.69 Å². The third-order valence-corrected chi connectivity index (χ3v) is 3.64. The number of aliphatic carboxylic acids is 1. The highest BCUT2D eigenvalue weighted by atomic mass is 16.6. The highest BCUT2D eigenvalue weighted by Gasteiger charge is 2.26. The molecule has 0 unspecified atom stereocenters. The molecular weight excluding hydrogens is 366 g/mol. The molecule has 0 saturated carbocycles. The largest absolute Gasteiger partial charge is 0.480 e. The van der Waals surface area contributed by atoms with E-state index < -0.39 is 35.7 Å². The first-order valence-electron chi connectivity index (χ1n) is 9.04. The van der Waals surface area contributed by atoms with Gasteiger partial charge in [0.15, 0.2) is 6.04 Å². The number of hydrogen-bond acceptors (Lipinski definition) is 6. The molecule has 0 aliphatic carbocycles. The van der Waals surface area contributed by atoms with E-state index in [9.17, 15) is 19.5 Å². The summed E-state index contributed by atoms with van der Waals surface area (Å²) in [6, 6.07) is 2.15. The Morgan fingerprint density at radius 1 is 1.32 bits per heavy atom. The number of ether oxygens (including phenoxy) is 1. The van der Waals surface area contributed by atoms with Crippen LogP contribution in [0, 0.1) is 6.92 Å². The maximum atomic E-state index is 12.6. The molecule has 0 aliphatic heterocycles. The highest BCUT2D eigenvalue weighted by molar-refractivity contribution is 5.87. The lowest BCUT2D eigenvalue weighted by atomic mass is 10.1. The molecule has 9 heteroatoms. The lowest BCUT2D eigenvalue weighted by Crippen LogP contribution is -2.47. The summed E-state index contributed by atoms with van der Waals surface area (Å²) in [5, 5.41) is 20.7. The second-order valence-electron chi connectivity index (χ2n) is 7.55. The fraction of sp³-hybridized carbons (Fsp3) is 0.579. The summed E-state index contributed by atoms with van der Waals surface area (Å²) < 4.78 is 5.41. The maximum absolute atomic E-state index is 12.6. The van der Waals surface area contributed by atoms with Crippen molar-refractivity contribution in [2.75, 3.05) is 11.4 Å². The number of anilines is 1. The van der Waals surface area contributed by atoms with Crippen molar-refractivity contribution in [1.82, 2.24) is 10.3 Å². The number of aliphatic hydroxyl groups is 1. The number of carboxylic acids is 1. The second kappa shape index (κ2) is 10.0. The third kappa shape index (κ3) is 7.91. The molecule has 1 aromatic rings. The molecule has 0 radical (unpaired) electrons. The van der Waals surface area contributed by atoms with Crippen LogP contribution in [-0.2, 0) is 14.3 Å². The fourth-order valence-corrected chi connectivity index (χ4v) is 2.32. The number of aryl methyl sites for hydroxylation is 1. The maximum Gasteiger partial charge on any atom is 0.416 e. The van der Waals surface area contributed by atoms with Crippen LogP contribution in [0.25, 0.3) is 0 Å². The van der Waals surface area contributed by atoms with Crippen LogP contribution in [0.15, 0.2) is 18.3 Å². The van der Waals surface area contributed by atoms with Gasteiger partial charge in [-0.25, -0.2) is 14.6 Å². The van der Waals surface area contributed by atoms with Gasteiger partial charge in [-0.2, -0.15) is 0 Å². The van der Waals surface area contributed by atoms with Crippen molar-refractivity contribution in [3.63, 3.8) is 0 Å². The molecule has 0 aromatic carbocycles. The molecule has 0 spiro atoms. The van der Waals surface area contributed by atoms with E-state index in [4.69, 9.17) is 9.84 Å². The van der Waals surface area contributed by atoms with Gasteiger partial charge >= 0.3 is 12.1 Å². The van der Waals surface area contributed by atoms with Crippen LogP contribution >= 0.6 is 0 Å². The van der Waals surface area contributed by atoms with E-state index in [0.29, 0.717) is 5.82 Å². The van der Waals surface area contributed by atoms with Crippen molar-refractivity contribution >= 4 is 23.8 Å². The normalized spacial score (nSPS) is 13.4. The van der Waals surface area contributed by atoms with Gasteiger partial charge in [0.05, 0.1) is 6.10 Å². The summed E-state index contributed by atoms with van der Waals surface area (Å²) in [6.45, 7) is 8.57. The first-order valence-corrected chi connectivity index (χ1v) is 9.04. The van der Waals surface area contributed by atoms with E-state index in [1.165, 1.54) is 11.8 Å². The number of rotatable bonds is 8. The van der Waals surface area contributed by atoms with Gasteiger partial charge in [0.1, 0.15) is 11.4 Å². The average Bonchev–Trinajstić information content (AvgIpc) is 2.54. The summed E-state index contributed by atoms with van der Waals surface area (Å²) >= 11 is 0. The van der Waals surface area contributed by atoms with E-state index in [-0.39, 0.29) is 19.4 Å². The van der Waals surface area contributed by atoms with Crippen molar-refractivity contribution < 1.29 is 29.3 Å². The zero-order valence-electron chi connectivity index (χ0n) is 16.9. The molecular formula is C19H29N3O6. The van der Waals surface area contributed by atoms with Crippen LogP contribution in [0.1, 0.15) is 46.1 Å². The molecule has 9 nitrogen and oxygen atoms in total. The van der Waals surface area contributed by atoms with Crippen molar-refractivity contribution in [2.24, 2.45) is 0 Å². The zero-order chi connectivity index (χ0) is 21.5. The monoisotopic (exact) mass is 395 g/mol. The third-order valence-electron chi connectivity index (χ3n) is 3.64. The lowest BCUT2D eigenvalue weighted by molar-refractivity contribution is -0.144. The first kappa shape index (κ1) is 23.4. The minimum Gasteiger partial charge on any atom is -0.480 e. The van der Waals surface area contributed by atoms with Crippen molar-refractivity contribution in [3.8, 4) is 0 Å². The second-order valence-corrected chi connectivity index (χ2v) is 7.55. The predicted octanol–water partition coefficient (Wildman–Crippen LogP) is 1.86. The molecule has 156 valence electrons. The average molecular weight is 395 g/mol. The number of nitrogens with one attached hydrogen (secondary N) is 1. The highest BCUT2D eigenvalue weighted by Crippen LogP contribution is 2.18. The minimum atomic E-state index is -1.38. The number of amides is 2. The van der Waals surface area contributed by atoms with E-state index in [1.54, 1.807) is 39.1 Å². The van der Waals surface area contributed by atoms with E-state index in [0.717, 1.165) is 5.56 Å². The molecule has 0 saturated heterocycles. The molecule has 28 heavy (non-hydrogen) atoms. The molecule has 2 atom stereocenters. The van der Waals surface area contributed by atoms with Crippen LogP contribution in [0.3, 0.4) is 0 Å². The Morgan fingerprint density at radius 2 is 1.96 bits per heavy atom. The number of hydrogen-bond donors (Lipinski definition) is 3. The molecule has 2 amide bonds. The number of nitrogens with zero attached hydrogens (tertiary/aromatic N) is 2. The van der Waals surface area contributed by atoms with Gasteiger partial charge in [0, 0.05) is 19.2 Å². The van der Waals surface area contributed by atoms with E-state index >= 15 is 0 Å². The fourth-order valence-electron chi connectivity index (χ4n) is 2.32. The van der Waals surface area contributed by atoms with Crippen molar-refractivity contribution in [1.29, 1.82) is 0 Å². The smallest absolute Gasteiger partial charge is 0.416 e. The van der Waals surface area contributed by atoms with Crippen LogP contribution in [0.2, 0.25) is 0 Å². The predicted molar refractivity (Wildman–Crippen MR) is 103 cm³/mol. The van der Waals surface area contributed by atoms with Crippen LogP contribution in [0.4, 0.5) is 10.6 Å². The number of carboxylic acid groups (broad SMARTS) is 1. The van der Waals surface area contributed by atoms with Crippen LogP contribution in [0.5, 0.6) is 0 Å². The standard InChI is InChI=1S/C19H29N3O6/c1-12-8-9-20-14(11-12)22(18(27)28-19(3,4)5)10-6-7-15(24)21-16(13(2)23)17(25)26/h8-9,11,13,16,23H,6-7,10H2,1-5H3,(H,21,24)(H,25,26)/t13-,16+/m1/s1. The molecule has 1 heterocycles. The van der Waals surface area contributed by atoms with Gasteiger partial charge in [0.2, 0.25) is 5.91 Å². The summed E-state index contributed by atoms with van der Waals surface area (Å²) in [5.74, 6) is -1.45. The summed E-state index contributed by atoms with van der Waals surface area (Å²) in [6.07, 6.45) is -0.00172. The molecule has 1 rings (SSSR count).